The lowest BCUT2D eigenvalue weighted by molar-refractivity contribution is 1.16. The molecule has 0 atom stereocenters. The first kappa shape index (κ1) is 9.90. The maximum atomic E-state index is 5.96. The van der Waals surface area contributed by atoms with E-state index in [1.807, 2.05) is 47.1 Å². The molecule has 0 amide bonds. The molecule has 0 unspecified atom stereocenters. The quantitative estimate of drug-likeness (QED) is 0.644. The number of hydrogen-bond acceptors (Lipinski definition) is 2. The summed E-state index contributed by atoms with van der Waals surface area (Å²) >= 11 is 0. The van der Waals surface area contributed by atoms with E-state index in [1.165, 1.54) is 0 Å². The minimum absolute atomic E-state index is 0.758. The predicted molar refractivity (Wildman–Crippen MR) is 69.8 cm³/mol. The Morgan fingerprint density at radius 1 is 1.12 bits per heavy atom. The van der Waals surface area contributed by atoms with Crippen LogP contribution in [0, 0.1) is 6.92 Å². The molecule has 0 spiro atoms. The van der Waals surface area contributed by atoms with E-state index < -0.39 is 0 Å². The Morgan fingerprint density at radius 2 is 1.94 bits per heavy atom. The van der Waals surface area contributed by atoms with E-state index in [1.54, 1.807) is 0 Å². The Bertz CT molecular complexity index is 683. The van der Waals surface area contributed by atoms with E-state index in [4.69, 9.17) is 5.73 Å². The number of anilines is 1. The van der Waals surface area contributed by atoms with Crippen molar-refractivity contribution < 1.29 is 0 Å². The molecule has 2 aromatic heterocycles. The second-order valence-corrected chi connectivity index (χ2v) is 4.14. The van der Waals surface area contributed by atoms with Gasteiger partial charge in [0.25, 0.3) is 0 Å². The molecule has 0 aliphatic heterocycles. The Kier molecular flexibility index (Phi) is 2.11. The monoisotopic (exact) mass is 223 g/mol. The smallest absolute Gasteiger partial charge is 0.140 e. The molecular weight excluding hydrogens is 210 g/mol. The molecule has 17 heavy (non-hydrogen) atoms. The second-order valence-electron chi connectivity index (χ2n) is 4.14. The summed E-state index contributed by atoms with van der Waals surface area (Å²) in [6.07, 6.45) is 4.01. The summed E-state index contributed by atoms with van der Waals surface area (Å²) in [6, 6.07) is 11.9. The highest BCUT2D eigenvalue weighted by molar-refractivity contribution is 5.75. The number of aromatic nitrogens is 2. The van der Waals surface area contributed by atoms with E-state index >= 15 is 0 Å². The largest absolute Gasteiger partial charge is 0.398 e. The molecule has 3 heteroatoms. The fraction of sp³-hybridized carbons (Fsp3) is 0.0714. The van der Waals surface area contributed by atoms with E-state index in [0.29, 0.717) is 0 Å². The molecule has 3 rings (SSSR count). The van der Waals surface area contributed by atoms with Crippen molar-refractivity contribution >= 4 is 11.3 Å². The van der Waals surface area contributed by atoms with Crippen LogP contribution in [0.5, 0.6) is 0 Å². The molecule has 0 radical (unpaired) electrons. The van der Waals surface area contributed by atoms with Crippen LogP contribution in [-0.2, 0) is 0 Å². The average Bonchev–Trinajstić information content (AvgIpc) is 2.75. The van der Waals surface area contributed by atoms with Crippen LogP contribution >= 0.6 is 0 Å². The highest BCUT2D eigenvalue weighted by Gasteiger charge is 2.07. The van der Waals surface area contributed by atoms with Crippen molar-refractivity contribution in [2.24, 2.45) is 0 Å². The fourth-order valence-corrected chi connectivity index (χ4v) is 2.01. The summed E-state index contributed by atoms with van der Waals surface area (Å²) in [5, 5.41) is 0. The number of benzene rings is 1. The lowest BCUT2D eigenvalue weighted by atomic mass is 10.1. The lowest BCUT2D eigenvalue weighted by Crippen LogP contribution is -1.88. The third-order valence-corrected chi connectivity index (χ3v) is 2.91. The zero-order valence-corrected chi connectivity index (χ0v) is 9.59. The second kappa shape index (κ2) is 3.63. The molecular formula is C14H13N3. The molecule has 0 aliphatic rings. The summed E-state index contributed by atoms with van der Waals surface area (Å²) in [5.74, 6) is 0. The van der Waals surface area contributed by atoms with Crippen molar-refractivity contribution in [3.63, 3.8) is 0 Å². The topological polar surface area (TPSA) is 43.3 Å². The maximum Gasteiger partial charge on any atom is 0.140 e. The van der Waals surface area contributed by atoms with Gasteiger partial charge in [-0.25, -0.2) is 4.98 Å². The molecule has 2 heterocycles. The van der Waals surface area contributed by atoms with Crippen molar-refractivity contribution in [2.75, 3.05) is 5.73 Å². The van der Waals surface area contributed by atoms with Gasteiger partial charge in [-0.05, 0) is 24.6 Å². The molecule has 1 aromatic carbocycles. The van der Waals surface area contributed by atoms with Crippen molar-refractivity contribution in [1.82, 2.24) is 9.38 Å². The van der Waals surface area contributed by atoms with Gasteiger partial charge in [-0.1, -0.05) is 24.3 Å². The van der Waals surface area contributed by atoms with Crippen LogP contribution in [0.4, 0.5) is 5.69 Å². The van der Waals surface area contributed by atoms with Gasteiger partial charge in [-0.3, -0.25) is 0 Å². The number of rotatable bonds is 1. The minimum Gasteiger partial charge on any atom is -0.398 e. The first-order valence-corrected chi connectivity index (χ1v) is 5.55. The first-order valence-electron chi connectivity index (χ1n) is 5.55. The number of pyridine rings is 1. The summed E-state index contributed by atoms with van der Waals surface area (Å²) in [5.41, 5.74) is 10.8. The number of nitrogens with two attached hydrogens (primary N) is 1. The van der Waals surface area contributed by atoms with Gasteiger partial charge in [0.05, 0.1) is 5.69 Å². The van der Waals surface area contributed by atoms with Crippen LogP contribution in [0.25, 0.3) is 16.9 Å². The molecule has 84 valence electrons. The van der Waals surface area contributed by atoms with Gasteiger partial charge >= 0.3 is 0 Å². The number of para-hydroxylation sites is 1. The van der Waals surface area contributed by atoms with Gasteiger partial charge in [0.2, 0.25) is 0 Å². The number of nitrogen functional groups attached to an aromatic ring is 1. The lowest BCUT2D eigenvalue weighted by Gasteiger charge is -1.99. The number of imidazole rings is 1. The van der Waals surface area contributed by atoms with E-state index in [-0.39, 0.29) is 0 Å². The van der Waals surface area contributed by atoms with Crippen LogP contribution in [0.1, 0.15) is 5.56 Å². The molecule has 0 saturated heterocycles. The summed E-state index contributed by atoms with van der Waals surface area (Å²) in [4.78, 5) is 4.63. The van der Waals surface area contributed by atoms with Gasteiger partial charge in [0, 0.05) is 23.6 Å². The zero-order valence-electron chi connectivity index (χ0n) is 9.59. The van der Waals surface area contributed by atoms with Gasteiger partial charge < -0.3 is 10.1 Å². The fourth-order valence-electron chi connectivity index (χ4n) is 2.01. The molecule has 0 aliphatic carbocycles. The van der Waals surface area contributed by atoms with Crippen molar-refractivity contribution in [3.05, 3.63) is 54.4 Å². The molecule has 0 bridgehead atoms. The number of fused-ring (bicyclic) bond motifs is 1. The molecule has 3 nitrogen and oxygen atoms in total. The van der Waals surface area contributed by atoms with E-state index in [0.717, 1.165) is 28.2 Å². The SMILES string of the molecule is Cc1cccn2cc(-c3ccccc3N)nc12. The van der Waals surface area contributed by atoms with Gasteiger partial charge in [-0.15, -0.1) is 0 Å². The minimum atomic E-state index is 0.758. The standard InChI is InChI=1S/C14H13N3/c1-10-5-4-8-17-9-13(16-14(10)17)11-6-2-3-7-12(11)15/h2-9H,15H2,1H3. The van der Waals surface area contributed by atoms with E-state index in [2.05, 4.69) is 18.0 Å². The highest BCUT2D eigenvalue weighted by atomic mass is 15.0. The van der Waals surface area contributed by atoms with Crippen LogP contribution in [0.2, 0.25) is 0 Å². The van der Waals surface area contributed by atoms with Crippen molar-refractivity contribution in [1.29, 1.82) is 0 Å². The van der Waals surface area contributed by atoms with Crippen LogP contribution in [0.3, 0.4) is 0 Å². The summed E-state index contributed by atoms with van der Waals surface area (Å²) < 4.78 is 2.02. The maximum absolute atomic E-state index is 5.96. The number of aryl methyl sites for hydroxylation is 1. The third-order valence-electron chi connectivity index (χ3n) is 2.91. The Hall–Kier alpha value is -2.29. The number of nitrogens with zero attached hydrogens (tertiary/aromatic N) is 2. The molecule has 3 aromatic rings. The Labute approximate surface area is 99.5 Å². The van der Waals surface area contributed by atoms with Crippen LogP contribution < -0.4 is 5.73 Å². The van der Waals surface area contributed by atoms with Crippen molar-refractivity contribution in [3.8, 4) is 11.3 Å². The van der Waals surface area contributed by atoms with Gasteiger partial charge in [0.15, 0.2) is 0 Å². The van der Waals surface area contributed by atoms with Crippen molar-refractivity contribution in [2.45, 2.75) is 6.92 Å². The molecule has 0 saturated carbocycles. The van der Waals surface area contributed by atoms with E-state index in [9.17, 15) is 0 Å². The summed E-state index contributed by atoms with van der Waals surface area (Å²) in [7, 11) is 0. The van der Waals surface area contributed by atoms with Crippen LogP contribution in [0.15, 0.2) is 48.8 Å². The highest BCUT2D eigenvalue weighted by Crippen LogP contribution is 2.25. The molecule has 0 fully saturated rings. The summed E-state index contributed by atoms with van der Waals surface area (Å²) in [6.45, 7) is 2.06. The Balaban J connectivity index is 2.26. The molecule has 2 N–H and O–H groups in total. The predicted octanol–water partition coefficient (Wildman–Crippen LogP) is 2.89. The number of hydrogen-bond donors (Lipinski definition) is 1. The first-order chi connectivity index (χ1) is 8.25. The Morgan fingerprint density at radius 3 is 2.71 bits per heavy atom. The van der Waals surface area contributed by atoms with Crippen LogP contribution in [-0.4, -0.2) is 9.38 Å². The van der Waals surface area contributed by atoms with Gasteiger partial charge in [-0.2, -0.15) is 0 Å². The average molecular weight is 223 g/mol. The third kappa shape index (κ3) is 1.56. The normalized spacial score (nSPS) is 10.9. The zero-order chi connectivity index (χ0) is 11.8. The van der Waals surface area contributed by atoms with Gasteiger partial charge in [0.1, 0.15) is 5.65 Å².